The Labute approximate surface area is 69.7 Å². The largest absolute Gasteiger partial charge is 0.0880 e. The van der Waals surface area contributed by atoms with Crippen LogP contribution in [0, 0.1) is 23.2 Å². The summed E-state index contributed by atoms with van der Waals surface area (Å²) < 4.78 is 0. The average Bonchev–Trinajstić information content (AvgIpc) is 2.80. The summed E-state index contributed by atoms with van der Waals surface area (Å²) in [6, 6.07) is 0. The Hall–Kier alpha value is -0.260. The fourth-order valence-corrected chi connectivity index (χ4v) is 2.80. The molecule has 0 N–H and O–H groups in total. The lowest BCUT2D eigenvalue weighted by Gasteiger charge is -2.14. The van der Waals surface area contributed by atoms with Gasteiger partial charge in [-0.05, 0) is 29.6 Å². The molecule has 0 heterocycles. The predicted octanol–water partition coefficient (Wildman–Crippen LogP) is 3.24. The molecular formula is C11H18. The summed E-state index contributed by atoms with van der Waals surface area (Å²) in [5.41, 5.74) is 0.647. The van der Waals surface area contributed by atoms with E-state index in [2.05, 4.69) is 32.9 Å². The monoisotopic (exact) mass is 150 g/mol. The molecule has 2 fully saturated rings. The van der Waals surface area contributed by atoms with Crippen molar-refractivity contribution in [1.82, 2.24) is 0 Å². The molecule has 0 heteroatoms. The lowest BCUT2D eigenvalue weighted by Crippen LogP contribution is -2.07. The molecule has 0 amide bonds. The predicted molar refractivity (Wildman–Crippen MR) is 48.3 cm³/mol. The van der Waals surface area contributed by atoms with E-state index in [4.69, 9.17) is 0 Å². The highest BCUT2D eigenvalue weighted by Crippen LogP contribution is 2.81. The van der Waals surface area contributed by atoms with Gasteiger partial charge in [-0.1, -0.05) is 39.3 Å². The van der Waals surface area contributed by atoms with Gasteiger partial charge >= 0.3 is 0 Å². The van der Waals surface area contributed by atoms with E-state index >= 15 is 0 Å². The summed E-state index contributed by atoms with van der Waals surface area (Å²) in [5.74, 6) is 3.18. The molecule has 2 aliphatic carbocycles. The van der Waals surface area contributed by atoms with Crippen molar-refractivity contribution >= 4 is 0 Å². The summed E-state index contributed by atoms with van der Waals surface area (Å²) in [7, 11) is 0. The molecule has 2 rings (SSSR count). The molecule has 0 nitrogen and oxygen atoms in total. The highest BCUT2D eigenvalue weighted by molar-refractivity contribution is 5.32. The summed E-state index contributed by atoms with van der Waals surface area (Å²) in [6.07, 6.45) is 7.39. The summed E-state index contributed by atoms with van der Waals surface area (Å²) in [5, 5.41) is 0. The normalized spacial score (nSPS) is 52.8. The van der Waals surface area contributed by atoms with Crippen molar-refractivity contribution in [3.05, 3.63) is 12.2 Å². The SMILES string of the molecule is CCCC=CC1(C)C2C(C)C21. The summed E-state index contributed by atoms with van der Waals surface area (Å²) >= 11 is 0. The molecule has 0 aromatic heterocycles. The van der Waals surface area contributed by atoms with Gasteiger partial charge in [-0.3, -0.25) is 0 Å². The first-order valence-electron chi connectivity index (χ1n) is 4.89. The van der Waals surface area contributed by atoms with Gasteiger partial charge in [0.25, 0.3) is 0 Å². The Morgan fingerprint density at radius 1 is 1.36 bits per heavy atom. The van der Waals surface area contributed by atoms with Crippen LogP contribution in [-0.2, 0) is 0 Å². The van der Waals surface area contributed by atoms with Crippen LogP contribution in [0.25, 0.3) is 0 Å². The van der Waals surface area contributed by atoms with Crippen molar-refractivity contribution in [1.29, 1.82) is 0 Å². The molecular weight excluding hydrogens is 132 g/mol. The van der Waals surface area contributed by atoms with E-state index in [-0.39, 0.29) is 0 Å². The third kappa shape index (κ3) is 0.881. The minimum absolute atomic E-state index is 0.647. The fourth-order valence-electron chi connectivity index (χ4n) is 2.80. The van der Waals surface area contributed by atoms with E-state index in [1.807, 2.05) is 0 Å². The Bertz CT molecular complexity index is 180. The second-order valence-corrected chi connectivity index (χ2v) is 4.47. The zero-order valence-electron chi connectivity index (χ0n) is 7.80. The molecule has 2 atom stereocenters. The van der Waals surface area contributed by atoms with E-state index in [0.29, 0.717) is 5.41 Å². The molecule has 62 valence electrons. The number of hydrogen-bond acceptors (Lipinski definition) is 0. The lowest BCUT2D eigenvalue weighted by atomic mass is 9.91. The van der Waals surface area contributed by atoms with E-state index in [0.717, 1.165) is 17.8 Å². The van der Waals surface area contributed by atoms with E-state index in [1.165, 1.54) is 12.8 Å². The van der Waals surface area contributed by atoms with Crippen LogP contribution in [-0.4, -0.2) is 0 Å². The van der Waals surface area contributed by atoms with Gasteiger partial charge in [0.15, 0.2) is 0 Å². The molecule has 0 aromatic rings. The zero-order valence-corrected chi connectivity index (χ0v) is 7.80. The topological polar surface area (TPSA) is 0 Å². The van der Waals surface area contributed by atoms with Gasteiger partial charge in [0.2, 0.25) is 0 Å². The number of hydrogen-bond donors (Lipinski definition) is 0. The van der Waals surface area contributed by atoms with Crippen LogP contribution in [0.5, 0.6) is 0 Å². The van der Waals surface area contributed by atoms with Gasteiger partial charge < -0.3 is 0 Å². The maximum atomic E-state index is 2.46. The van der Waals surface area contributed by atoms with E-state index in [1.54, 1.807) is 0 Å². The van der Waals surface area contributed by atoms with Crippen molar-refractivity contribution in [2.45, 2.75) is 33.6 Å². The maximum absolute atomic E-state index is 2.46. The van der Waals surface area contributed by atoms with Crippen LogP contribution in [0.15, 0.2) is 12.2 Å². The molecule has 11 heavy (non-hydrogen) atoms. The molecule has 2 aliphatic rings. The second kappa shape index (κ2) is 2.12. The van der Waals surface area contributed by atoms with Gasteiger partial charge in [0.05, 0.1) is 0 Å². The quantitative estimate of drug-likeness (QED) is 0.542. The molecule has 0 bridgehead atoms. The van der Waals surface area contributed by atoms with Crippen molar-refractivity contribution in [3.63, 3.8) is 0 Å². The van der Waals surface area contributed by atoms with Crippen molar-refractivity contribution in [2.75, 3.05) is 0 Å². The van der Waals surface area contributed by atoms with Crippen LogP contribution >= 0.6 is 0 Å². The van der Waals surface area contributed by atoms with Gasteiger partial charge in [-0.15, -0.1) is 0 Å². The number of fused-ring (bicyclic) bond motifs is 1. The van der Waals surface area contributed by atoms with Crippen LogP contribution < -0.4 is 0 Å². The average molecular weight is 150 g/mol. The third-order valence-corrected chi connectivity index (χ3v) is 3.64. The molecule has 0 spiro atoms. The van der Waals surface area contributed by atoms with Gasteiger partial charge in [-0.2, -0.15) is 0 Å². The third-order valence-electron chi connectivity index (χ3n) is 3.64. The van der Waals surface area contributed by atoms with Gasteiger partial charge in [-0.25, -0.2) is 0 Å². The first-order chi connectivity index (χ1) is 5.22. The smallest absolute Gasteiger partial charge is 0.00786 e. The number of rotatable bonds is 3. The van der Waals surface area contributed by atoms with Crippen molar-refractivity contribution in [3.8, 4) is 0 Å². The summed E-state index contributed by atoms with van der Waals surface area (Å²) in [4.78, 5) is 0. The fraction of sp³-hybridized carbons (Fsp3) is 0.818. The Kier molecular flexibility index (Phi) is 1.42. The minimum Gasteiger partial charge on any atom is -0.0880 e. The highest BCUT2D eigenvalue weighted by Gasteiger charge is 2.77. The lowest BCUT2D eigenvalue weighted by molar-refractivity contribution is 0.427. The molecule has 0 radical (unpaired) electrons. The van der Waals surface area contributed by atoms with Gasteiger partial charge in [0.1, 0.15) is 0 Å². The van der Waals surface area contributed by atoms with Crippen molar-refractivity contribution in [2.24, 2.45) is 23.2 Å². The summed E-state index contributed by atoms with van der Waals surface area (Å²) in [6.45, 7) is 7.03. The van der Waals surface area contributed by atoms with Crippen LogP contribution in [0.1, 0.15) is 33.6 Å². The van der Waals surface area contributed by atoms with E-state index in [9.17, 15) is 0 Å². The zero-order chi connectivity index (χ0) is 8.06. The molecule has 2 saturated carbocycles. The van der Waals surface area contributed by atoms with Crippen LogP contribution in [0.4, 0.5) is 0 Å². The first kappa shape index (κ1) is 7.39. The second-order valence-electron chi connectivity index (χ2n) is 4.47. The van der Waals surface area contributed by atoms with Crippen LogP contribution in [0.2, 0.25) is 0 Å². The first-order valence-corrected chi connectivity index (χ1v) is 4.89. The molecule has 0 saturated heterocycles. The minimum atomic E-state index is 0.647. The number of unbranched alkanes of at least 4 members (excludes halogenated alkanes) is 1. The molecule has 0 aliphatic heterocycles. The Balaban J connectivity index is 1.81. The molecule has 0 aromatic carbocycles. The Morgan fingerprint density at radius 2 is 2.00 bits per heavy atom. The maximum Gasteiger partial charge on any atom is -0.00786 e. The molecule has 2 unspecified atom stereocenters. The van der Waals surface area contributed by atoms with Crippen molar-refractivity contribution < 1.29 is 0 Å². The highest BCUT2D eigenvalue weighted by atomic mass is 14.8. The number of allylic oxidation sites excluding steroid dienone is 2. The standard InChI is InChI=1S/C11H18/c1-4-5-6-7-11(3)9-8(2)10(9)11/h6-10H,4-5H2,1-3H3. The Morgan fingerprint density at radius 3 is 2.45 bits per heavy atom. The van der Waals surface area contributed by atoms with E-state index < -0.39 is 0 Å². The van der Waals surface area contributed by atoms with Crippen LogP contribution in [0.3, 0.4) is 0 Å². The van der Waals surface area contributed by atoms with Gasteiger partial charge in [0, 0.05) is 0 Å².